The van der Waals surface area contributed by atoms with Gasteiger partial charge >= 0.3 is 12.1 Å². The Balaban J connectivity index is 1.46. The van der Waals surface area contributed by atoms with Gasteiger partial charge in [0.1, 0.15) is 31.8 Å². The molecule has 0 radical (unpaired) electrons. The number of carbonyl (C=O) groups is 9. The minimum absolute atomic E-state index is 0.00103. The number of carbonyl (C=O) groups excluding carboxylic acids is 9. The zero-order chi connectivity index (χ0) is 42.8. The topological polar surface area (TPSA) is 268 Å². The van der Waals surface area contributed by atoms with Gasteiger partial charge in [-0.1, -0.05) is 91.0 Å². The zero-order valence-electron chi connectivity index (χ0n) is 32.4. The van der Waals surface area contributed by atoms with E-state index in [2.05, 4.69) is 42.5 Å². The molecule has 0 saturated carbocycles. The fourth-order valence-electron chi connectivity index (χ4n) is 5.04. The van der Waals surface area contributed by atoms with Gasteiger partial charge in [0.25, 0.3) is 0 Å². The summed E-state index contributed by atoms with van der Waals surface area (Å²) in [6.45, 7) is -1.26. The van der Waals surface area contributed by atoms with Gasteiger partial charge in [0, 0.05) is 12.8 Å². The summed E-state index contributed by atoms with van der Waals surface area (Å²) in [5.41, 5.74) is 2.13. The molecule has 0 fully saturated rings. The maximum Gasteiger partial charge on any atom is 0.407 e. The van der Waals surface area contributed by atoms with E-state index in [1.807, 2.05) is 6.07 Å². The largest absolute Gasteiger partial charge is 0.465 e. The molecule has 8 N–H and O–H groups in total. The normalized spacial score (nSPS) is 11.3. The predicted octanol–water partition coefficient (Wildman–Crippen LogP) is -1.49. The van der Waals surface area contributed by atoms with Crippen LogP contribution in [0.2, 0.25) is 0 Å². The van der Waals surface area contributed by atoms with Crippen molar-refractivity contribution >= 4 is 53.4 Å². The summed E-state index contributed by atoms with van der Waals surface area (Å²) in [5.74, 6) is -5.67. The molecule has 0 spiro atoms. The van der Waals surface area contributed by atoms with Gasteiger partial charge in [-0.05, 0) is 23.6 Å². The van der Waals surface area contributed by atoms with Crippen LogP contribution in [0.5, 0.6) is 0 Å². The summed E-state index contributed by atoms with van der Waals surface area (Å²) in [7, 11) is 0. The van der Waals surface area contributed by atoms with E-state index in [9.17, 15) is 43.2 Å². The summed E-state index contributed by atoms with van der Waals surface area (Å²) in [6.07, 6.45) is -0.754. The molecule has 2 atom stereocenters. The van der Waals surface area contributed by atoms with Crippen molar-refractivity contribution in [2.24, 2.45) is 0 Å². The summed E-state index contributed by atoms with van der Waals surface area (Å²) >= 11 is 0. The SMILES string of the molecule is CCOC(=O)CNC(=O)CNC(=O)[C@H](Cc1ccccc1)NC(=O)CNC(=O)CNC(=O)[C@H](Cc1ccccc1)NC(=O)CNC(=O)CNC(=O)OCc1ccccc1. The first-order chi connectivity index (χ1) is 28.4. The predicted molar refractivity (Wildman–Crippen MR) is 210 cm³/mol. The minimum atomic E-state index is -1.17. The number of amides is 8. The Labute approximate surface area is 340 Å². The third kappa shape index (κ3) is 19.4. The highest BCUT2D eigenvalue weighted by molar-refractivity contribution is 5.95. The number of ether oxygens (including phenoxy) is 2. The molecular weight excluding hydrogens is 768 g/mol. The monoisotopic (exact) mass is 816 g/mol. The van der Waals surface area contributed by atoms with E-state index < -0.39 is 98.2 Å². The summed E-state index contributed by atoms with van der Waals surface area (Å²) in [6, 6.07) is 24.0. The molecule has 0 aromatic heterocycles. The molecule has 0 aliphatic heterocycles. The lowest BCUT2D eigenvalue weighted by molar-refractivity contribution is -0.143. The molecule has 3 aromatic rings. The van der Waals surface area contributed by atoms with Crippen LogP contribution in [0.25, 0.3) is 0 Å². The molecular formula is C40H48N8O11. The lowest BCUT2D eigenvalue weighted by Crippen LogP contribution is -2.53. The zero-order valence-corrected chi connectivity index (χ0v) is 32.4. The van der Waals surface area contributed by atoms with Gasteiger partial charge in [0.15, 0.2) is 0 Å². The number of rotatable bonds is 23. The number of alkyl carbamates (subject to hydrolysis) is 1. The maximum atomic E-state index is 13.2. The van der Waals surface area contributed by atoms with Gasteiger partial charge in [-0.2, -0.15) is 0 Å². The lowest BCUT2D eigenvalue weighted by atomic mass is 10.1. The molecule has 19 nitrogen and oxygen atoms in total. The van der Waals surface area contributed by atoms with Crippen molar-refractivity contribution in [2.75, 3.05) is 45.9 Å². The number of hydrogen-bond donors (Lipinski definition) is 8. The van der Waals surface area contributed by atoms with Crippen molar-refractivity contribution in [3.8, 4) is 0 Å². The molecule has 59 heavy (non-hydrogen) atoms. The quantitative estimate of drug-likeness (QED) is 0.0511. The lowest BCUT2D eigenvalue weighted by Gasteiger charge is -2.20. The van der Waals surface area contributed by atoms with Gasteiger partial charge in [0.2, 0.25) is 41.4 Å². The average molecular weight is 817 g/mol. The molecule has 0 aliphatic carbocycles. The second-order valence-electron chi connectivity index (χ2n) is 12.6. The highest BCUT2D eigenvalue weighted by Gasteiger charge is 2.24. The van der Waals surface area contributed by atoms with E-state index in [1.54, 1.807) is 91.9 Å². The van der Waals surface area contributed by atoms with Crippen molar-refractivity contribution in [3.05, 3.63) is 108 Å². The summed E-state index contributed by atoms with van der Waals surface area (Å²) in [5, 5.41) is 19.2. The Kier molecular flexibility index (Phi) is 20.1. The molecule has 0 bridgehead atoms. The van der Waals surface area contributed by atoms with Crippen LogP contribution in [0, 0.1) is 0 Å². The number of nitrogens with one attached hydrogen (secondary N) is 8. The van der Waals surface area contributed by atoms with E-state index in [1.165, 1.54) is 0 Å². The van der Waals surface area contributed by atoms with E-state index >= 15 is 0 Å². The Bertz CT molecular complexity index is 1880. The summed E-state index contributed by atoms with van der Waals surface area (Å²) in [4.78, 5) is 112. The van der Waals surface area contributed by atoms with Gasteiger partial charge in [-0.25, -0.2) is 4.79 Å². The van der Waals surface area contributed by atoms with Gasteiger partial charge in [-0.3, -0.25) is 38.4 Å². The Morgan fingerprint density at radius 2 is 0.814 bits per heavy atom. The fraction of sp³-hybridized carbons (Fsp3) is 0.325. The molecule has 3 rings (SSSR count). The fourth-order valence-corrected chi connectivity index (χ4v) is 5.04. The Morgan fingerprint density at radius 1 is 0.441 bits per heavy atom. The Morgan fingerprint density at radius 3 is 1.24 bits per heavy atom. The Hall–Kier alpha value is -7.31. The molecule has 0 aliphatic rings. The summed E-state index contributed by atoms with van der Waals surface area (Å²) < 4.78 is 9.78. The van der Waals surface area contributed by atoms with Crippen molar-refractivity contribution in [1.29, 1.82) is 0 Å². The van der Waals surface area contributed by atoms with Crippen LogP contribution in [-0.2, 0) is 67.3 Å². The third-order valence-electron chi connectivity index (χ3n) is 7.95. The number of hydrogen-bond acceptors (Lipinski definition) is 11. The van der Waals surface area contributed by atoms with E-state index in [4.69, 9.17) is 9.47 Å². The second kappa shape index (κ2) is 25.8. The van der Waals surface area contributed by atoms with Crippen LogP contribution >= 0.6 is 0 Å². The van der Waals surface area contributed by atoms with Crippen LogP contribution < -0.4 is 42.5 Å². The van der Waals surface area contributed by atoms with Crippen LogP contribution in [0.15, 0.2) is 91.0 Å². The molecule has 0 heterocycles. The van der Waals surface area contributed by atoms with Crippen molar-refractivity contribution in [1.82, 2.24) is 42.5 Å². The first-order valence-electron chi connectivity index (χ1n) is 18.5. The average Bonchev–Trinajstić information content (AvgIpc) is 3.24. The highest BCUT2D eigenvalue weighted by atomic mass is 16.5. The molecule has 19 heteroatoms. The molecule has 0 saturated heterocycles. The minimum Gasteiger partial charge on any atom is -0.465 e. The van der Waals surface area contributed by atoms with Crippen molar-refractivity contribution < 1.29 is 52.6 Å². The molecule has 0 unspecified atom stereocenters. The van der Waals surface area contributed by atoms with Gasteiger partial charge < -0.3 is 52.0 Å². The standard InChI is InChI=1S/C40H48N8O11/c1-2-58-37(54)25-43-33(50)21-45-39(56)31(19-28-14-8-4-9-15-28)47-35(52)23-41-32(49)20-44-38(55)30(18-27-12-6-3-7-13-27)48-36(53)24-42-34(51)22-46-40(57)59-26-29-16-10-5-11-17-29/h3-17,30-31H,2,18-26H2,1H3,(H,41,49)(H,42,51)(H,43,50)(H,44,55)(H,45,56)(H,46,57)(H,47,52)(H,48,53)/t30-,31-/m0/s1. The van der Waals surface area contributed by atoms with Crippen LogP contribution in [0.3, 0.4) is 0 Å². The van der Waals surface area contributed by atoms with Crippen LogP contribution in [-0.4, -0.2) is 111 Å². The molecule has 8 amide bonds. The highest BCUT2D eigenvalue weighted by Crippen LogP contribution is 2.05. The maximum absolute atomic E-state index is 13.2. The van der Waals surface area contributed by atoms with Gasteiger partial charge in [-0.15, -0.1) is 0 Å². The first kappa shape index (κ1) is 46.1. The smallest absolute Gasteiger partial charge is 0.407 e. The van der Waals surface area contributed by atoms with E-state index in [0.717, 1.165) is 5.56 Å². The van der Waals surface area contributed by atoms with Crippen molar-refractivity contribution in [2.45, 2.75) is 38.5 Å². The first-order valence-corrected chi connectivity index (χ1v) is 18.5. The van der Waals surface area contributed by atoms with Crippen molar-refractivity contribution in [3.63, 3.8) is 0 Å². The van der Waals surface area contributed by atoms with E-state index in [0.29, 0.717) is 11.1 Å². The number of esters is 1. The van der Waals surface area contributed by atoms with Crippen LogP contribution in [0.4, 0.5) is 4.79 Å². The van der Waals surface area contributed by atoms with Crippen LogP contribution in [0.1, 0.15) is 23.6 Å². The van der Waals surface area contributed by atoms with Gasteiger partial charge in [0.05, 0.1) is 32.8 Å². The molecule has 314 valence electrons. The molecule has 3 aromatic carbocycles. The van der Waals surface area contributed by atoms with E-state index in [-0.39, 0.29) is 32.6 Å². The second-order valence-corrected chi connectivity index (χ2v) is 12.6. The number of benzene rings is 3. The third-order valence-corrected chi connectivity index (χ3v) is 7.95.